The Hall–Kier alpha value is -3.12. The van der Waals surface area contributed by atoms with Crippen molar-refractivity contribution in [2.24, 2.45) is 5.18 Å². The zero-order valence-corrected chi connectivity index (χ0v) is 19.5. The lowest BCUT2D eigenvalue weighted by atomic mass is 10.1. The lowest BCUT2D eigenvalue weighted by molar-refractivity contribution is -0.141. The number of likely N-dealkylation sites (tertiary alicyclic amines) is 1. The third-order valence-electron chi connectivity index (χ3n) is 5.19. The number of aromatic nitrogens is 2. The van der Waals surface area contributed by atoms with Gasteiger partial charge in [-0.2, -0.15) is 9.97 Å². The van der Waals surface area contributed by atoms with E-state index in [-0.39, 0.29) is 37.0 Å². The number of esters is 1. The lowest BCUT2D eigenvalue weighted by Gasteiger charge is -2.24. The molecule has 1 aromatic heterocycles. The SMILES string of the molecule is CCOC(=O)CN(Cc1cccc(CN2CCCC2)c1)c1nc(S(C)(=O)=O)nc(N)c1N=O. The van der Waals surface area contributed by atoms with Gasteiger partial charge in [0.1, 0.15) is 6.54 Å². The van der Waals surface area contributed by atoms with Gasteiger partial charge in [-0.05, 0) is 49.2 Å². The third-order valence-corrected chi connectivity index (χ3v) is 6.04. The fraction of sp³-hybridized carbons (Fsp3) is 0.476. The average Bonchev–Trinajstić information content (AvgIpc) is 3.25. The molecule has 0 amide bonds. The summed E-state index contributed by atoms with van der Waals surface area (Å²) < 4.78 is 29.2. The summed E-state index contributed by atoms with van der Waals surface area (Å²) in [6, 6.07) is 7.83. The molecule has 0 bridgehead atoms. The average molecular weight is 477 g/mol. The van der Waals surface area contributed by atoms with Gasteiger partial charge in [0, 0.05) is 19.3 Å². The number of nitrogens with two attached hydrogens (primary N) is 1. The molecular formula is C21H28N6O5S. The zero-order valence-electron chi connectivity index (χ0n) is 18.7. The quantitative estimate of drug-likeness (QED) is 0.307. The summed E-state index contributed by atoms with van der Waals surface area (Å²) >= 11 is 0. The molecule has 2 N–H and O–H groups in total. The maximum Gasteiger partial charge on any atom is 0.325 e. The summed E-state index contributed by atoms with van der Waals surface area (Å²) in [6.45, 7) is 4.63. The van der Waals surface area contributed by atoms with Crippen molar-refractivity contribution in [3.63, 3.8) is 0 Å². The summed E-state index contributed by atoms with van der Waals surface area (Å²) in [5, 5.41) is 2.34. The van der Waals surface area contributed by atoms with Crippen LogP contribution in [0.1, 0.15) is 30.9 Å². The van der Waals surface area contributed by atoms with Crippen molar-refractivity contribution in [2.45, 2.75) is 38.0 Å². The van der Waals surface area contributed by atoms with Crippen molar-refractivity contribution in [3.05, 3.63) is 40.3 Å². The zero-order chi connectivity index (χ0) is 24.0. The first-order chi connectivity index (χ1) is 15.7. The van der Waals surface area contributed by atoms with Gasteiger partial charge in [0.25, 0.3) is 5.16 Å². The van der Waals surface area contributed by atoms with E-state index in [0.717, 1.165) is 37.0 Å². The van der Waals surface area contributed by atoms with Crippen LogP contribution in [-0.2, 0) is 32.5 Å². The van der Waals surface area contributed by atoms with E-state index in [1.807, 2.05) is 24.3 Å². The van der Waals surface area contributed by atoms with Crippen LogP contribution in [0.5, 0.6) is 0 Å². The Morgan fingerprint density at radius 3 is 2.58 bits per heavy atom. The molecule has 2 aromatic rings. The van der Waals surface area contributed by atoms with Crippen molar-refractivity contribution >= 4 is 33.1 Å². The second-order valence-electron chi connectivity index (χ2n) is 7.89. The molecule has 3 rings (SSSR count). The number of carbonyl (C=O) groups is 1. The van der Waals surface area contributed by atoms with E-state index in [0.29, 0.717) is 0 Å². The number of carbonyl (C=O) groups excluding carboxylic acids is 1. The van der Waals surface area contributed by atoms with E-state index >= 15 is 0 Å². The fourth-order valence-corrected chi connectivity index (χ4v) is 4.24. The molecule has 33 heavy (non-hydrogen) atoms. The van der Waals surface area contributed by atoms with Gasteiger partial charge < -0.3 is 15.4 Å². The third kappa shape index (κ3) is 6.45. The van der Waals surface area contributed by atoms with Crippen LogP contribution in [-0.4, -0.2) is 61.8 Å². The van der Waals surface area contributed by atoms with Gasteiger partial charge in [0.2, 0.25) is 9.84 Å². The number of anilines is 2. The molecular weight excluding hydrogens is 448 g/mol. The lowest BCUT2D eigenvalue weighted by Crippen LogP contribution is -2.32. The van der Waals surface area contributed by atoms with Crippen LogP contribution in [0.2, 0.25) is 0 Å². The van der Waals surface area contributed by atoms with Crippen molar-refractivity contribution in [2.75, 3.05) is 43.1 Å². The van der Waals surface area contributed by atoms with Gasteiger partial charge in [-0.25, -0.2) is 8.42 Å². The Kier molecular flexibility index (Phi) is 7.92. The number of nitrogen functional groups attached to an aromatic ring is 1. The molecule has 0 atom stereocenters. The van der Waals surface area contributed by atoms with Crippen molar-refractivity contribution in [1.29, 1.82) is 0 Å². The van der Waals surface area contributed by atoms with Crippen LogP contribution < -0.4 is 10.6 Å². The highest BCUT2D eigenvalue weighted by molar-refractivity contribution is 7.90. The predicted molar refractivity (Wildman–Crippen MR) is 124 cm³/mol. The van der Waals surface area contributed by atoms with Crippen molar-refractivity contribution in [3.8, 4) is 0 Å². The normalized spacial score (nSPS) is 14.2. The standard InChI is InChI=1S/C21H28N6O5S/c1-3-32-17(28)14-27(20-18(25-29)19(22)23-21(24-20)33(2,30)31)13-16-8-6-7-15(11-16)12-26-9-4-5-10-26/h6-8,11H,3-5,9-10,12-14H2,1-2H3,(H2,22,23,24). The first-order valence-electron chi connectivity index (χ1n) is 10.6. The topological polar surface area (TPSA) is 148 Å². The van der Waals surface area contributed by atoms with Crippen molar-refractivity contribution < 1.29 is 17.9 Å². The second kappa shape index (κ2) is 10.7. The molecule has 1 fully saturated rings. The molecule has 1 saturated heterocycles. The maximum absolute atomic E-state index is 12.3. The molecule has 0 spiro atoms. The first-order valence-corrected chi connectivity index (χ1v) is 12.5. The highest BCUT2D eigenvalue weighted by Gasteiger charge is 2.25. The maximum atomic E-state index is 12.3. The van der Waals surface area contributed by atoms with E-state index in [9.17, 15) is 18.1 Å². The Morgan fingerprint density at radius 1 is 1.24 bits per heavy atom. The smallest absolute Gasteiger partial charge is 0.325 e. The number of hydrogen-bond donors (Lipinski definition) is 1. The Morgan fingerprint density at radius 2 is 1.94 bits per heavy atom. The van der Waals surface area contributed by atoms with Crippen LogP contribution >= 0.6 is 0 Å². The highest BCUT2D eigenvalue weighted by atomic mass is 32.2. The molecule has 2 heterocycles. The second-order valence-corrected chi connectivity index (χ2v) is 9.80. The summed E-state index contributed by atoms with van der Waals surface area (Å²) in [4.78, 5) is 35.3. The number of rotatable bonds is 10. The molecule has 1 aliphatic heterocycles. The van der Waals surface area contributed by atoms with Gasteiger partial charge in [-0.15, -0.1) is 4.91 Å². The van der Waals surface area contributed by atoms with Crippen LogP contribution in [0.15, 0.2) is 34.6 Å². The van der Waals surface area contributed by atoms with Gasteiger partial charge in [-0.3, -0.25) is 9.69 Å². The number of ether oxygens (including phenoxy) is 1. The minimum absolute atomic E-state index is 0.143. The van der Waals surface area contributed by atoms with Gasteiger partial charge >= 0.3 is 5.97 Å². The minimum atomic E-state index is -3.83. The Balaban J connectivity index is 1.98. The van der Waals surface area contributed by atoms with Crippen molar-refractivity contribution in [1.82, 2.24) is 14.9 Å². The molecule has 1 aromatic carbocycles. The number of benzene rings is 1. The van der Waals surface area contributed by atoms with E-state index in [1.165, 1.54) is 17.7 Å². The van der Waals surface area contributed by atoms with E-state index in [1.54, 1.807) is 6.92 Å². The van der Waals surface area contributed by atoms with Crippen LogP contribution in [0.3, 0.4) is 0 Å². The summed E-state index contributed by atoms with van der Waals surface area (Å²) in [5.74, 6) is -1.09. The van der Waals surface area contributed by atoms with Gasteiger partial charge in [-0.1, -0.05) is 24.3 Å². The molecule has 0 aliphatic carbocycles. The minimum Gasteiger partial charge on any atom is -0.465 e. The summed E-state index contributed by atoms with van der Waals surface area (Å²) in [6.07, 6.45) is 3.30. The van der Waals surface area contributed by atoms with E-state index in [4.69, 9.17) is 10.5 Å². The molecule has 0 radical (unpaired) electrons. The predicted octanol–water partition coefficient (Wildman–Crippen LogP) is 2.03. The molecule has 11 nitrogen and oxygen atoms in total. The number of sulfone groups is 1. The van der Waals surface area contributed by atoms with Crippen LogP contribution in [0.4, 0.5) is 17.3 Å². The number of hydrogen-bond acceptors (Lipinski definition) is 11. The van der Waals surface area contributed by atoms with E-state index in [2.05, 4.69) is 20.0 Å². The highest BCUT2D eigenvalue weighted by Crippen LogP contribution is 2.33. The molecule has 0 saturated carbocycles. The molecule has 178 valence electrons. The van der Waals surface area contributed by atoms with Crippen LogP contribution in [0.25, 0.3) is 0 Å². The summed E-state index contributed by atoms with van der Waals surface area (Å²) in [7, 11) is -3.83. The Labute approximate surface area is 192 Å². The monoisotopic (exact) mass is 476 g/mol. The fourth-order valence-electron chi connectivity index (χ4n) is 3.73. The van der Waals surface area contributed by atoms with Gasteiger partial charge in [0.05, 0.1) is 6.61 Å². The van der Waals surface area contributed by atoms with Gasteiger partial charge in [0.15, 0.2) is 17.3 Å². The number of nitroso groups, excluding NO2 is 1. The molecule has 0 unspecified atom stereocenters. The number of nitrogens with zero attached hydrogens (tertiary/aromatic N) is 5. The molecule has 1 aliphatic rings. The first kappa shape index (κ1) is 24.5. The Bertz CT molecular complexity index is 1120. The van der Waals surface area contributed by atoms with Crippen LogP contribution in [0, 0.1) is 4.91 Å². The van der Waals surface area contributed by atoms with E-state index < -0.39 is 21.0 Å². The molecule has 12 heteroatoms. The summed E-state index contributed by atoms with van der Waals surface area (Å²) in [5.41, 5.74) is 7.42. The largest absolute Gasteiger partial charge is 0.465 e.